The zero-order chi connectivity index (χ0) is 14.6. The minimum Gasteiger partial charge on any atom is -0.493 e. The molecule has 1 heterocycles. The second kappa shape index (κ2) is 6.48. The maximum absolute atomic E-state index is 12.5. The molecule has 1 N–H and O–H groups in total. The summed E-state index contributed by atoms with van der Waals surface area (Å²) in [6.07, 6.45) is -2.97. The molecule has 1 aromatic carbocycles. The van der Waals surface area contributed by atoms with Gasteiger partial charge in [-0.15, -0.1) is 0 Å². The van der Waals surface area contributed by atoms with Crippen molar-refractivity contribution in [2.45, 2.75) is 44.8 Å². The van der Waals surface area contributed by atoms with Gasteiger partial charge in [0.25, 0.3) is 0 Å². The monoisotopic (exact) mass is 287 g/mol. The van der Waals surface area contributed by atoms with Gasteiger partial charge in [0.2, 0.25) is 0 Å². The summed E-state index contributed by atoms with van der Waals surface area (Å²) in [5.41, 5.74) is 1.96. The first-order chi connectivity index (χ1) is 9.51. The van der Waals surface area contributed by atoms with E-state index in [9.17, 15) is 13.2 Å². The molecule has 2 rings (SSSR count). The summed E-state index contributed by atoms with van der Waals surface area (Å²) in [4.78, 5) is 0. The first kappa shape index (κ1) is 15.2. The fraction of sp³-hybridized carbons (Fsp3) is 0.600. The Bertz CT molecular complexity index is 445. The van der Waals surface area contributed by atoms with E-state index in [0.29, 0.717) is 13.2 Å². The highest BCUT2D eigenvalue weighted by atomic mass is 19.4. The molecule has 1 atom stereocenters. The number of alkyl halides is 3. The Morgan fingerprint density at radius 3 is 2.85 bits per heavy atom. The molecule has 0 aromatic heterocycles. The third-order valence-corrected chi connectivity index (χ3v) is 3.51. The number of ether oxygens (including phenoxy) is 1. The summed E-state index contributed by atoms with van der Waals surface area (Å²) in [7, 11) is 0. The van der Waals surface area contributed by atoms with Crippen LogP contribution in [0.3, 0.4) is 0 Å². The number of nitrogens with one attached hydrogen (secondary N) is 1. The molecule has 5 heteroatoms. The van der Waals surface area contributed by atoms with Gasteiger partial charge in [-0.25, -0.2) is 0 Å². The van der Waals surface area contributed by atoms with E-state index in [2.05, 4.69) is 5.32 Å². The van der Waals surface area contributed by atoms with E-state index < -0.39 is 12.6 Å². The fourth-order valence-corrected chi connectivity index (χ4v) is 2.61. The smallest absolute Gasteiger partial charge is 0.389 e. The molecule has 112 valence electrons. The average Bonchev–Trinajstić information content (AvgIpc) is 2.42. The Kier molecular flexibility index (Phi) is 4.91. The van der Waals surface area contributed by atoms with Crippen LogP contribution in [0.15, 0.2) is 18.2 Å². The van der Waals surface area contributed by atoms with Gasteiger partial charge in [0, 0.05) is 18.0 Å². The number of rotatable bonds is 5. The van der Waals surface area contributed by atoms with Crippen molar-refractivity contribution in [1.29, 1.82) is 0 Å². The second-order valence-corrected chi connectivity index (χ2v) is 5.05. The molecular formula is C15H20F3NO. The Labute approximate surface area is 117 Å². The zero-order valence-electron chi connectivity index (χ0n) is 11.6. The van der Waals surface area contributed by atoms with Crippen molar-refractivity contribution in [2.75, 3.05) is 13.2 Å². The van der Waals surface area contributed by atoms with Gasteiger partial charge in [-0.1, -0.05) is 25.1 Å². The van der Waals surface area contributed by atoms with Crippen LogP contribution in [0, 0.1) is 0 Å². The number of para-hydroxylation sites is 1. The van der Waals surface area contributed by atoms with Crippen LogP contribution in [-0.2, 0) is 6.42 Å². The molecule has 0 saturated carbocycles. The lowest BCUT2D eigenvalue weighted by molar-refractivity contribution is -0.136. The van der Waals surface area contributed by atoms with E-state index in [1.807, 2.05) is 25.1 Å². The van der Waals surface area contributed by atoms with Crippen LogP contribution in [0.25, 0.3) is 0 Å². The molecule has 1 aliphatic heterocycles. The SMILES string of the molecule is CCNC(CCC(F)(F)F)c1cccc2c1OCCC2. The van der Waals surface area contributed by atoms with Crippen molar-refractivity contribution < 1.29 is 17.9 Å². The third kappa shape index (κ3) is 3.88. The van der Waals surface area contributed by atoms with Crippen LogP contribution < -0.4 is 10.1 Å². The van der Waals surface area contributed by atoms with E-state index in [0.717, 1.165) is 29.7 Å². The lowest BCUT2D eigenvalue weighted by atomic mass is 9.95. The summed E-state index contributed by atoms with van der Waals surface area (Å²) >= 11 is 0. The number of benzene rings is 1. The molecule has 0 aliphatic carbocycles. The van der Waals surface area contributed by atoms with Gasteiger partial charge in [-0.05, 0) is 31.4 Å². The third-order valence-electron chi connectivity index (χ3n) is 3.51. The van der Waals surface area contributed by atoms with E-state index in [1.54, 1.807) is 0 Å². The lowest BCUT2D eigenvalue weighted by Gasteiger charge is -2.26. The van der Waals surface area contributed by atoms with Gasteiger partial charge in [0.15, 0.2) is 0 Å². The summed E-state index contributed by atoms with van der Waals surface area (Å²) < 4.78 is 43.0. The van der Waals surface area contributed by atoms with Crippen molar-refractivity contribution in [3.05, 3.63) is 29.3 Å². The Morgan fingerprint density at radius 1 is 1.35 bits per heavy atom. The van der Waals surface area contributed by atoms with Crippen LogP contribution in [0.5, 0.6) is 5.75 Å². The molecule has 0 fully saturated rings. The van der Waals surface area contributed by atoms with Crippen molar-refractivity contribution in [2.24, 2.45) is 0 Å². The highest BCUT2D eigenvalue weighted by Crippen LogP contribution is 2.36. The van der Waals surface area contributed by atoms with Gasteiger partial charge in [-0.2, -0.15) is 13.2 Å². The predicted molar refractivity (Wildman–Crippen MR) is 72.0 cm³/mol. The Balaban J connectivity index is 2.20. The Morgan fingerprint density at radius 2 is 2.15 bits per heavy atom. The van der Waals surface area contributed by atoms with Crippen LogP contribution >= 0.6 is 0 Å². The average molecular weight is 287 g/mol. The minimum atomic E-state index is -4.12. The molecule has 0 radical (unpaired) electrons. The molecule has 0 amide bonds. The molecule has 1 aromatic rings. The van der Waals surface area contributed by atoms with Crippen LogP contribution in [0.4, 0.5) is 13.2 Å². The van der Waals surface area contributed by atoms with Crippen molar-refractivity contribution >= 4 is 0 Å². The predicted octanol–water partition coefficient (Wildman–Crippen LogP) is 4.00. The van der Waals surface area contributed by atoms with Crippen LogP contribution in [0.1, 0.15) is 43.4 Å². The van der Waals surface area contributed by atoms with E-state index in [4.69, 9.17) is 4.74 Å². The maximum atomic E-state index is 12.5. The van der Waals surface area contributed by atoms with Gasteiger partial charge in [0.1, 0.15) is 5.75 Å². The van der Waals surface area contributed by atoms with Gasteiger partial charge >= 0.3 is 6.18 Å². The van der Waals surface area contributed by atoms with Crippen LogP contribution in [0.2, 0.25) is 0 Å². The number of hydrogen-bond donors (Lipinski definition) is 1. The minimum absolute atomic E-state index is 0.0388. The molecule has 2 nitrogen and oxygen atoms in total. The fourth-order valence-electron chi connectivity index (χ4n) is 2.61. The summed E-state index contributed by atoms with van der Waals surface area (Å²) in [5.74, 6) is 0.784. The maximum Gasteiger partial charge on any atom is 0.389 e. The molecule has 0 bridgehead atoms. The number of hydrogen-bond acceptors (Lipinski definition) is 2. The molecule has 0 spiro atoms. The first-order valence-corrected chi connectivity index (χ1v) is 7.06. The molecule has 0 saturated heterocycles. The van der Waals surface area contributed by atoms with Crippen molar-refractivity contribution in [3.63, 3.8) is 0 Å². The highest BCUT2D eigenvalue weighted by molar-refractivity contribution is 5.44. The summed E-state index contributed by atoms with van der Waals surface area (Å²) in [5, 5.41) is 3.14. The lowest BCUT2D eigenvalue weighted by Crippen LogP contribution is -2.24. The normalized spacial score (nSPS) is 16.4. The van der Waals surface area contributed by atoms with Crippen molar-refractivity contribution in [3.8, 4) is 5.75 Å². The summed E-state index contributed by atoms with van der Waals surface area (Å²) in [6.45, 7) is 3.17. The van der Waals surface area contributed by atoms with Crippen LogP contribution in [-0.4, -0.2) is 19.3 Å². The highest BCUT2D eigenvalue weighted by Gasteiger charge is 2.30. The van der Waals surface area contributed by atoms with Gasteiger partial charge in [0.05, 0.1) is 6.61 Å². The largest absolute Gasteiger partial charge is 0.493 e. The number of halogens is 3. The summed E-state index contributed by atoms with van der Waals surface area (Å²) in [6, 6.07) is 5.45. The Hall–Kier alpha value is -1.23. The first-order valence-electron chi connectivity index (χ1n) is 7.06. The molecule has 1 unspecified atom stereocenters. The van der Waals surface area contributed by atoms with Crippen molar-refractivity contribution in [1.82, 2.24) is 5.32 Å². The van der Waals surface area contributed by atoms with Gasteiger partial charge < -0.3 is 10.1 Å². The molecular weight excluding hydrogens is 267 g/mol. The van der Waals surface area contributed by atoms with E-state index in [1.165, 1.54) is 0 Å². The van der Waals surface area contributed by atoms with E-state index >= 15 is 0 Å². The number of fused-ring (bicyclic) bond motifs is 1. The molecule has 20 heavy (non-hydrogen) atoms. The zero-order valence-corrected chi connectivity index (χ0v) is 11.6. The standard InChI is InChI=1S/C15H20F3NO/c1-2-19-13(8-9-15(16,17)18)12-7-3-5-11-6-4-10-20-14(11)12/h3,5,7,13,19H,2,4,6,8-10H2,1H3. The topological polar surface area (TPSA) is 21.3 Å². The van der Waals surface area contributed by atoms with E-state index in [-0.39, 0.29) is 12.5 Å². The van der Waals surface area contributed by atoms with Gasteiger partial charge in [-0.3, -0.25) is 0 Å². The second-order valence-electron chi connectivity index (χ2n) is 5.05. The molecule has 1 aliphatic rings. The quantitative estimate of drug-likeness (QED) is 0.883. The number of aryl methyl sites for hydroxylation is 1.